The number of hydrogen-bond donors (Lipinski definition) is 2. The summed E-state index contributed by atoms with van der Waals surface area (Å²) in [7, 11) is 1.89. The molecule has 0 radical (unpaired) electrons. The lowest BCUT2D eigenvalue weighted by Gasteiger charge is -2.37. The van der Waals surface area contributed by atoms with E-state index in [0.717, 1.165) is 51.3 Å². The van der Waals surface area contributed by atoms with Crippen LogP contribution in [0.15, 0.2) is 23.2 Å². The second kappa shape index (κ2) is 10.0. The van der Waals surface area contributed by atoms with Gasteiger partial charge in [-0.15, -0.1) is 0 Å². The molecule has 0 amide bonds. The summed E-state index contributed by atoms with van der Waals surface area (Å²) >= 11 is 0. The summed E-state index contributed by atoms with van der Waals surface area (Å²) in [4.78, 5) is 12.2. The molecule has 0 atom stereocenters. The van der Waals surface area contributed by atoms with Crippen LogP contribution in [0.4, 0.5) is 5.69 Å². The van der Waals surface area contributed by atoms with Crippen LogP contribution in [0.1, 0.15) is 36.8 Å². The van der Waals surface area contributed by atoms with Crippen molar-refractivity contribution in [2.45, 2.75) is 51.6 Å². The van der Waals surface area contributed by atoms with Crippen LogP contribution in [0.5, 0.6) is 0 Å². The summed E-state index contributed by atoms with van der Waals surface area (Å²) in [5.41, 5.74) is 4.21. The summed E-state index contributed by atoms with van der Waals surface area (Å²) in [6, 6.07) is 8.12. The Bertz CT molecular complexity index is 712. The van der Waals surface area contributed by atoms with Crippen LogP contribution in [-0.4, -0.2) is 87.2 Å². The summed E-state index contributed by atoms with van der Waals surface area (Å²) in [5.74, 6) is 0.967. The van der Waals surface area contributed by atoms with Gasteiger partial charge in [0.1, 0.15) is 0 Å². The number of piperazine rings is 1. The summed E-state index contributed by atoms with van der Waals surface area (Å²) < 4.78 is 0. The Balaban J connectivity index is 1.14. The van der Waals surface area contributed by atoms with Crippen molar-refractivity contribution < 1.29 is 0 Å². The van der Waals surface area contributed by atoms with Crippen LogP contribution in [-0.2, 0) is 0 Å². The first-order chi connectivity index (χ1) is 14.6. The van der Waals surface area contributed by atoms with Crippen molar-refractivity contribution in [2.75, 3.05) is 64.3 Å². The Hall–Kier alpha value is -1.79. The Morgan fingerprint density at radius 1 is 1.00 bits per heavy atom. The van der Waals surface area contributed by atoms with Crippen LogP contribution in [0.3, 0.4) is 0 Å². The third kappa shape index (κ3) is 5.46. The molecule has 2 heterocycles. The maximum atomic E-state index is 4.46. The summed E-state index contributed by atoms with van der Waals surface area (Å²) in [6.45, 7) is 13.4. The lowest BCUT2D eigenvalue weighted by atomic mass is 10.1. The number of guanidine groups is 1. The predicted molar refractivity (Wildman–Crippen MR) is 127 cm³/mol. The van der Waals surface area contributed by atoms with E-state index in [9.17, 15) is 0 Å². The number of aliphatic imine (C=N–C) groups is 1. The molecule has 0 bridgehead atoms. The topological polar surface area (TPSA) is 46.1 Å². The number of likely N-dealkylation sites (tertiary alicyclic amines) is 1. The van der Waals surface area contributed by atoms with Gasteiger partial charge in [0.05, 0.1) is 0 Å². The number of nitrogens with one attached hydrogen (secondary N) is 2. The minimum atomic E-state index is 0.562. The molecule has 3 fully saturated rings. The fourth-order valence-corrected chi connectivity index (χ4v) is 4.86. The molecule has 2 saturated heterocycles. The van der Waals surface area contributed by atoms with Gasteiger partial charge in [0.25, 0.3) is 0 Å². The second-order valence-electron chi connectivity index (χ2n) is 9.23. The highest BCUT2D eigenvalue weighted by Crippen LogP contribution is 2.29. The molecule has 2 N–H and O–H groups in total. The van der Waals surface area contributed by atoms with Crippen molar-refractivity contribution >= 4 is 11.6 Å². The van der Waals surface area contributed by atoms with Crippen molar-refractivity contribution in [1.82, 2.24) is 20.4 Å². The summed E-state index contributed by atoms with van der Waals surface area (Å²) in [6.07, 6.45) is 5.30. The first-order valence-corrected chi connectivity index (χ1v) is 11.9. The number of nitrogens with zero attached hydrogens (tertiary/aromatic N) is 4. The molecule has 30 heavy (non-hydrogen) atoms. The van der Waals surface area contributed by atoms with Gasteiger partial charge in [-0.3, -0.25) is 9.89 Å². The minimum Gasteiger partial charge on any atom is -0.369 e. The molecule has 1 saturated carbocycles. The molecular formula is C24H40N6. The zero-order valence-corrected chi connectivity index (χ0v) is 19.2. The van der Waals surface area contributed by atoms with Gasteiger partial charge in [-0.05, 0) is 56.7 Å². The third-order valence-electron chi connectivity index (χ3n) is 7.17. The predicted octanol–water partition coefficient (Wildman–Crippen LogP) is 2.22. The van der Waals surface area contributed by atoms with E-state index >= 15 is 0 Å². The van der Waals surface area contributed by atoms with Gasteiger partial charge in [0, 0.05) is 77.2 Å². The van der Waals surface area contributed by atoms with E-state index in [0.29, 0.717) is 6.04 Å². The van der Waals surface area contributed by atoms with Gasteiger partial charge in [-0.2, -0.15) is 0 Å². The molecule has 3 aliphatic rings. The molecular weight excluding hydrogens is 372 g/mol. The first-order valence-electron chi connectivity index (χ1n) is 11.9. The summed E-state index contributed by atoms with van der Waals surface area (Å²) in [5, 5.41) is 7.19. The highest BCUT2D eigenvalue weighted by atomic mass is 15.3. The molecule has 4 rings (SSSR count). The van der Waals surface area contributed by atoms with Crippen LogP contribution in [0, 0.1) is 13.8 Å². The number of piperidine rings is 1. The average molecular weight is 413 g/mol. The van der Waals surface area contributed by atoms with Gasteiger partial charge in [0.2, 0.25) is 0 Å². The lowest BCUT2D eigenvalue weighted by molar-refractivity contribution is 0.197. The van der Waals surface area contributed by atoms with E-state index < -0.39 is 0 Å². The van der Waals surface area contributed by atoms with E-state index in [2.05, 4.69) is 62.4 Å². The maximum absolute atomic E-state index is 4.46. The van der Waals surface area contributed by atoms with Crippen LogP contribution < -0.4 is 15.5 Å². The standard InChI is InChI=1S/C24H40N6/c1-19-5-4-6-23(20(19)2)30-17-15-28(16-18-30)14-11-26-24(25-3)27-21-9-12-29(13-10-21)22-7-8-22/h4-6,21-22H,7-18H2,1-3H3,(H2,25,26,27). The highest BCUT2D eigenvalue weighted by molar-refractivity contribution is 5.79. The van der Waals surface area contributed by atoms with Crippen molar-refractivity contribution in [3.8, 4) is 0 Å². The number of aryl methyl sites for hydroxylation is 1. The fraction of sp³-hybridized carbons (Fsp3) is 0.708. The Morgan fingerprint density at radius 3 is 2.40 bits per heavy atom. The lowest BCUT2D eigenvalue weighted by Crippen LogP contribution is -2.51. The number of hydrogen-bond acceptors (Lipinski definition) is 4. The number of benzene rings is 1. The molecule has 6 heteroatoms. The molecule has 0 unspecified atom stereocenters. The average Bonchev–Trinajstić information content (AvgIpc) is 3.61. The Morgan fingerprint density at radius 2 is 1.73 bits per heavy atom. The molecule has 0 aromatic heterocycles. The maximum Gasteiger partial charge on any atom is 0.191 e. The van der Waals surface area contributed by atoms with Gasteiger partial charge in [-0.1, -0.05) is 12.1 Å². The highest BCUT2D eigenvalue weighted by Gasteiger charge is 2.31. The van der Waals surface area contributed by atoms with E-state index in [-0.39, 0.29) is 0 Å². The normalized spacial score (nSPS) is 22.4. The Kier molecular flexibility index (Phi) is 7.16. The third-order valence-corrected chi connectivity index (χ3v) is 7.17. The van der Waals surface area contributed by atoms with Crippen molar-refractivity contribution in [3.63, 3.8) is 0 Å². The van der Waals surface area contributed by atoms with Crippen LogP contribution >= 0.6 is 0 Å². The van der Waals surface area contributed by atoms with Crippen LogP contribution in [0.2, 0.25) is 0 Å². The van der Waals surface area contributed by atoms with E-state index in [1.807, 2.05) is 7.05 Å². The quantitative estimate of drug-likeness (QED) is 0.554. The fourth-order valence-electron chi connectivity index (χ4n) is 4.86. The van der Waals surface area contributed by atoms with Crippen molar-refractivity contribution in [1.29, 1.82) is 0 Å². The molecule has 1 aliphatic carbocycles. The zero-order chi connectivity index (χ0) is 20.9. The van der Waals surface area contributed by atoms with Gasteiger partial charge >= 0.3 is 0 Å². The van der Waals surface area contributed by atoms with Crippen molar-refractivity contribution in [3.05, 3.63) is 29.3 Å². The van der Waals surface area contributed by atoms with E-state index in [4.69, 9.17) is 0 Å². The number of anilines is 1. The Labute approximate surface area is 182 Å². The van der Waals surface area contributed by atoms with Gasteiger partial charge < -0.3 is 20.4 Å². The van der Waals surface area contributed by atoms with Gasteiger partial charge in [0.15, 0.2) is 5.96 Å². The smallest absolute Gasteiger partial charge is 0.191 e. The molecule has 1 aromatic rings. The molecule has 166 valence electrons. The number of rotatable bonds is 6. The second-order valence-corrected chi connectivity index (χ2v) is 9.23. The molecule has 1 aromatic carbocycles. The van der Waals surface area contributed by atoms with Crippen molar-refractivity contribution in [2.24, 2.45) is 4.99 Å². The van der Waals surface area contributed by atoms with Crippen LogP contribution in [0.25, 0.3) is 0 Å². The monoisotopic (exact) mass is 412 g/mol. The molecule has 0 spiro atoms. The molecule has 6 nitrogen and oxygen atoms in total. The van der Waals surface area contributed by atoms with Gasteiger partial charge in [-0.25, -0.2) is 0 Å². The SMILES string of the molecule is CN=C(NCCN1CCN(c2cccc(C)c2C)CC1)NC1CCN(C2CC2)CC1. The minimum absolute atomic E-state index is 0.562. The van der Waals surface area contributed by atoms with E-state index in [1.165, 1.54) is 55.6 Å². The zero-order valence-electron chi connectivity index (χ0n) is 19.2. The first kappa shape index (κ1) is 21.4. The largest absolute Gasteiger partial charge is 0.369 e. The molecule has 2 aliphatic heterocycles. The van der Waals surface area contributed by atoms with E-state index in [1.54, 1.807) is 0 Å².